The van der Waals surface area contributed by atoms with Crippen LogP contribution in [0.5, 0.6) is 0 Å². The zero-order chi connectivity index (χ0) is 30.4. The number of hydrogen-bond acceptors (Lipinski definition) is 5. The van der Waals surface area contributed by atoms with Crippen LogP contribution in [0.15, 0.2) is 23.8 Å². The second-order valence-corrected chi connectivity index (χ2v) is 15.3. The topological polar surface area (TPSA) is 89.9 Å². The number of hydrogen-bond donors (Lipinski definition) is 1. The maximum Gasteiger partial charge on any atom is 0.518 e. The van der Waals surface area contributed by atoms with Gasteiger partial charge in [0, 0.05) is 24.0 Å². The molecule has 4 rings (SSSR count). The number of fused-ring (bicyclic) bond motifs is 2. The minimum absolute atomic E-state index is 0.0877. The zero-order valence-electron chi connectivity index (χ0n) is 26.8. The molecule has 2 saturated carbocycles. The van der Waals surface area contributed by atoms with Crippen molar-refractivity contribution in [2.75, 3.05) is 0 Å². The number of quaternary nitrogens is 1. The summed E-state index contributed by atoms with van der Waals surface area (Å²) in [5.74, 6) is -0.355. The van der Waals surface area contributed by atoms with E-state index in [1.807, 2.05) is 32.9 Å². The molecule has 0 spiro atoms. The number of carboxylic acid groups (broad SMARTS) is 1. The maximum absolute atomic E-state index is 14.5. The smallest absolute Gasteiger partial charge is 0.481 e. The molecule has 230 valence electrons. The van der Waals surface area contributed by atoms with Crippen molar-refractivity contribution in [3.63, 3.8) is 0 Å². The predicted octanol–water partition coefficient (Wildman–Crippen LogP) is 7.15. The van der Waals surface area contributed by atoms with Crippen molar-refractivity contribution in [1.29, 1.82) is 0 Å². The van der Waals surface area contributed by atoms with Crippen LogP contribution >= 0.6 is 0 Å². The van der Waals surface area contributed by atoms with Crippen LogP contribution in [0.25, 0.3) is 0 Å². The average Bonchev–Trinajstić information content (AvgIpc) is 3.34. The molecule has 1 amide bonds. The first-order valence-electron chi connectivity index (χ1n) is 16.0. The molecule has 2 aliphatic carbocycles. The minimum Gasteiger partial charge on any atom is -0.481 e. The van der Waals surface area contributed by atoms with Crippen molar-refractivity contribution in [2.24, 2.45) is 41.4 Å². The van der Waals surface area contributed by atoms with Crippen LogP contribution in [0.2, 0.25) is 0 Å². The number of carbonyl (C=O) groups is 3. The molecule has 2 heterocycles. The van der Waals surface area contributed by atoms with Crippen molar-refractivity contribution >= 4 is 18.0 Å². The SMILES string of the molecule is CC1CCC(C(C)C)C(OC(=O)/C=C2/C(C(=O)O)C3C=C[C@H]2[N+]3(C(=O)OC(C)(C)C)[C@H]2C[C@H](C)CC[C@@H]2C(C)C)C1. The Morgan fingerprint density at radius 3 is 2.07 bits per heavy atom. The van der Waals surface area contributed by atoms with E-state index < -0.39 is 35.5 Å². The third kappa shape index (κ3) is 6.03. The van der Waals surface area contributed by atoms with E-state index in [0.717, 1.165) is 38.5 Å². The molecular formula is C34H54NO6+. The lowest BCUT2D eigenvalue weighted by molar-refractivity contribution is -0.905. The average molecular weight is 573 g/mol. The summed E-state index contributed by atoms with van der Waals surface area (Å²) in [7, 11) is 0. The Hall–Kier alpha value is -2.15. The van der Waals surface area contributed by atoms with Crippen LogP contribution in [-0.2, 0) is 19.1 Å². The second kappa shape index (κ2) is 11.9. The Morgan fingerprint density at radius 1 is 0.927 bits per heavy atom. The number of amides is 1. The standard InChI is InChI=1S/C34H53NO6/c1-19(2)23-12-10-21(5)16-28(23)35(33(39)41-34(7,8)9)26-14-15-27(35)31(32(37)38)25(26)18-30(36)40-29-17-22(6)11-13-24(29)20(3)4/h14-15,18-24,26-29,31H,10-13,16-17H2,1-9H3/p+1/b25-18+/t21-,22?,23-,24?,26-,27?,28+,29?,31?,35?/m1/s1. The second-order valence-electron chi connectivity index (χ2n) is 15.3. The molecule has 7 nitrogen and oxygen atoms in total. The molecule has 6 unspecified atom stereocenters. The van der Waals surface area contributed by atoms with Gasteiger partial charge < -0.3 is 14.6 Å². The number of esters is 1. The van der Waals surface area contributed by atoms with E-state index in [1.165, 1.54) is 6.08 Å². The van der Waals surface area contributed by atoms with E-state index in [2.05, 4.69) is 41.5 Å². The van der Waals surface area contributed by atoms with Crippen LogP contribution in [0.4, 0.5) is 4.79 Å². The van der Waals surface area contributed by atoms with Gasteiger partial charge in [0.25, 0.3) is 0 Å². The van der Waals surface area contributed by atoms with Gasteiger partial charge in [-0.15, -0.1) is 0 Å². The first-order chi connectivity index (χ1) is 19.1. The van der Waals surface area contributed by atoms with E-state index in [9.17, 15) is 19.5 Å². The molecule has 41 heavy (non-hydrogen) atoms. The van der Waals surface area contributed by atoms with Crippen molar-refractivity contribution in [1.82, 2.24) is 0 Å². The fourth-order valence-corrected chi connectivity index (χ4v) is 8.60. The first kappa shape index (κ1) is 31.8. The highest BCUT2D eigenvalue weighted by Gasteiger charge is 2.71. The Bertz CT molecular complexity index is 1070. The summed E-state index contributed by atoms with van der Waals surface area (Å²) < 4.78 is 12.2. The van der Waals surface area contributed by atoms with E-state index >= 15 is 0 Å². The third-order valence-electron chi connectivity index (χ3n) is 10.5. The van der Waals surface area contributed by atoms with E-state index in [-0.39, 0.29) is 34.6 Å². The van der Waals surface area contributed by atoms with Crippen LogP contribution in [-0.4, -0.2) is 57.5 Å². The molecule has 2 aliphatic heterocycles. The minimum atomic E-state index is -1.01. The summed E-state index contributed by atoms with van der Waals surface area (Å²) >= 11 is 0. The number of carbonyl (C=O) groups excluding carboxylic acids is 2. The normalized spacial score (nSPS) is 39.9. The van der Waals surface area contributed by atoms with Gasteiger partial charge in [0.1, 0.15) is 35.7 Å². The lowest BCUT2D eigenvalue weighted by Gasteiger charge is -2.49. The van der Waals surface area contributed by atoms with E-state index in [0.29, 0.717) is 29.2 Å². The van der Waals surface area contributed by atoms with Gasteiger partial charge in [0.2, 0.25) is 0 Å². The zero-order valence-corrected chi connectivity index (χ0v) is 26.8. The van der Waals surface area contributed by atoms with Gasteiger partial charge in [-0.2, -0.15) is 4.79 Å². The van der Waals surface area contributed by atoms with Gasteiger partial charge in [0.15, 0.2) is 0 Å². The molecule has 1 saturated heterocycles. The van der Waals surface area contributed by atoms with Gasteiger partial charge in [-0.05, 0) is 88.2 Å². The van der Waals surface area contributed by atoms with Crippen LogP contribution in [0.3, 0.4) is 0 Å². The first-order valence-corrected chi connectivity index (χ1v) is 16.0. The summed E-state index contributed by atoms with van der Waals surface area (Å²) in [5.41, 5.74) is -0.255. The highest BCUT2D eigenvalue weighted by atomic mass is 16.6. The fraction of sp³-hybridized carbons (Fsp3) is 0.794. The number of rotatable bonds is 6. The van der Waals surface area contributed by atoms with E-state index in [1.54, 1.807) is 0 Å². The molecule has 3 fully saturated rings. The van der Waals surface area contributed by atoms with Crippen LogP contribution in [0, 0.1) is 41.4 Å². The quantitative estimate of drug-likeness (QED) is 0.157. The molecule has 10 atom stereocenters. The molecule has 0 radical (unpaired) electrons. The molecule has 0 aromatic carbocycles. The molecule has 0 aromatic heterocycles. The van der Waals surface area contributed by atoms with Crippen molar-refractivity contribution in [2.45, 2.75) is 131 Å². The van der Waals surface area contributed by atoms with Crippen molar-refractivity contribution in [3.05, 3.63) is 23.8 Å². The Labute approximate surface area is 247 Å². The molecule has 1 N–H and O–H groups in total. The van der Waals surface area contributed by atoms with Gasteiger partial charge in [-0.25, -0.2) is 9.28 Å². The fourth-order valence-electron chi connectivity index (χ4n) is 8.60. The van der Waals surface area contributed by atoms with Gasteiger partial charge in [-0.1, -0.05) is 48.0 Å². The predicted molar refractivity (Wildman–Crippen MR) is 159 cm³/mol. The maximum atomic E-state index is 14.5. The van der Waals surface area contributed by atoms with Crippen LogP contribution < -0.4 is 0 Å². The number of carboxylic acids is 1. The van der Waals surface area contributed by atoms with Gasteiger partial charge >= 0.3 is 18.0 Å². The summed E-state index contributed by atoms with van der Waals surface area (Å²) in [6.07, 6.45) is 10.6. The summed E-state index contributed by atoms with van der Waals surface area (Å²) in [6, 6.07) is -1.29. The number of nitrogens with zero attached hydrogens (tertiary/aromatic N) is 1. The molecule has 0 aromatic rings. The lowest BCUT2D eigenvalue weighted by atomic mass is 9.72. The van der Waals surface area contributed by atoms with Crippen LogP contribution in [0.1, 0.15) is 101 Å². The van der Waals surface area contributed by atoms with Gasteiger partial charge in [-0.3, -0.25) is 4.79 Å². The Morgan fingerprint density at radius 2 is 1.51 bits per heavy atom. The third-order valence-corrected chi connectivity index (χ3v) is 10.5. The highest BCUT2D eigenvalue weighted by Crippen LogP contribution is 2.55. The molecule has 7 heteroatoms. The highest BCUT2D eigenvalue weighted by molar-refractivity contribution is 5.87. The Kier molecular flexibility index (Phi) is 9.19. The van der Waals surface area contributed by atoms with E-state index in [4.69, 9.17) is 9.47 Å². The molecule has 4 aliphatic rings. The van der Waals surface area contributed by atoms with Crippen molar-refractivity contribution < 1.29 is 33.4 Å². The number of aliphatic carboxylic acids is 1. The summed E-state index contributed by atoms with van der Waals surface area (Å²) in [5, 5.41) is 10.6. The van der Waals surface area contributed by atoms with Crippen molar-refractivity contribution in [3.8, 4) is 0 Å². The summed E-state index contributed by atoms with van der Waals surface area (Å²) in [4.78, 5) is 40.9. The molecular weight excluding hydrogens is 518 g/mol. The largest absolute Gasteiger partial charge is 0.518 e. The molecule has 2 bridgehead atoms. The van der Waals surface area contributed by atoms with Gasteiger partial charge in [0.05, 0.1) is 0 Å². The summed E-state index contributed by atoms with van der Waals surface area (Å²) in [6.45, 7) is 18.7. The lowest BCUT2D eigenvalue weighted by Crippen LogP contribution is -2.68. The number of ether oxygens (including phenoxy) is 2. The Balaban J connectivity index is 1.78. The monoisotopic (exact) mass is 572 g/mol.